The lowest BCUT2D eigenvalue weighted by Crippen LogP contribution is -2.19. The van der Waals surface area contributed by atoms with E-state index in [2.05, 4.69) is 9.84 Å². The molecule has 0 saturated carbocycles. The molecule has 0 fully saturated rings. The van der Waals surface area contributed by atoms with E-state index < -0.39 is 12.8 Å². The molecule has 7 heteroatoms. The maximum atomic E-state index is 11.7. The molecule has 92 valence electrons. The summed E-state index contributed by atoms with van der Waals surface area (Å²) in [5.74, 6) is 0.525. The summed E-state index contributed by atoms with van der Waals surface area (Å²) in [5, 5.41) is 3.94. The highest BCUT2D eigenvalue weighted by Crippen LogP contribution is 2.14. The van der Waals surface area contributed by atoms with Gasteiger partial charge >= 0.3 is 6.18 Å². The molecule has 0 radical (unpaired) electrons. The van der Waals surface area contributed by atoms with Crippen LogP contribution < -0.4 is 4.74 Å². The van der Waals surface area contributed by atoms with Gasteiger partial charge in [0.2, 0.25) is 0 Å². The standard InChI is InChI=1S/C9H13F3N2O2/c1-2-14-6-8(5-13-14)16-4-3-15-7-9(10,11)12/h5-6H,2-4,7H2,1H3. The summed E-state index contributed by atoms with van der Waals surface area (Å²) in [5.41, 5.74) is 0. The summed E-state index contributed by atoms with van der Waals surface area (Å²) in [6.45, 7) is 1.37. The minimum atomic E-state index is -4.28. The lowest BCUT2D eigenvalue weighted by Gasteiger charge is -2.07. The van der Waals surface area contributed by atoms with E-state index in [1.54, 1.807) is 10.9 Å². The van der Waals surface area contributed by atoms with Crippen LogP contribution in [0.1, 0.15) is 6.92 Å². The Morgan fingerprint density at radius 3 is 2.69 bits per heavy atom. The number of rotatable bonds is 6. The molecule has 0 aliphatic heterocycles. The average Bonchev–Trinajstić information content (AvgIpc) is 2.63. The van der Waals surface area contributed by atoms with E-state index >= 15 is 0 Å². The third-order valence-corrected chi connectivity index (χ3v) is 1.70. The van der Waals surface area contributed by atoms with E-state index in [4.69, 9.17) is 4.74 Å². The van der Waals surface area contributed by atoms with Crippen molar-refractivity contribution in [1.82, 2.24) is 9.78 Å². The Bertz CT molecular complexity index is 312. The lowest BCUT2D eigenvalue weighted by atomic mass is 10.6. The van der Waals surface area contributed by atoms with Gasteiger partial charge < -0.3 is 9.47 Å². The first-order valence-electron chi connectivity index (χ1n) is 4.81. The van der Waals surface area contributed by atoms with Crippen LogP contribution in [-0.4, -0.2) is 35.8 Å². The highest BCUT2D eigenvalue weighted by atomic mass is 19.4. The second kappa shape index (κ2) is 5.74. The van der Waals surface area contributed by atoms with E-state index in [0.717, 1.165) is 0 Å². The molecule has 4 nitrogen and oxygen atoms in total. The summed E-state index contributed by atoms with van der Waals surface area (Å²) < 4.78 is 46.2. The molecule has 0 aliphatic carbocycles. The highest BCUT2D eigenvalue weighted by molar-refractivity contribution is 5.11. The van der Waals surface area contributed by atoms with Crippen molar-refractivity contribution in [2.24, 2.45) is 0 Å². The van der Waals surface area contributed by atoms with Crippen LogP contribution in [0, 0.1) is 0 Å². The first kappa shape index (κ1) is 12.8. The number of aryl methyl sites for hydroxylation is 1. The Kier molecular flexibility index (Phi) is 4.60. The molecule has 0 amide bonds. The number of hydrogen-bond acceptors (Lipinski definition) is 3. The third kappa shape index (κ3) is 5.01. The summed E-state index contributed by atoms with van der Waals surface area (Å²) in [4.78, 5) is 0. The zero-order chi connectivity index (χ0) is 12.0. The molecule has 0 unspecified atom stereocenters. The zero-order valence-electron chi connectivity index (χ0n) is 8.83. The van der Waals surface area contributed by atoms with Crippen molar-refractivity contribution in [3.05, 3.63) is 12.4 Å². The molecular formula is C9H13F3N2O2. The summed E-state index contributed by atoms with van der Waals surface area (Å²) in [7, 11) is 0. The Hall–Kier alpha value is -1.24. The van der Waals surface area contributed by atoms with Gasteiger partial charge in [-0.3, -0.25) is 4.68 Å². The van der Waals surface area contributed by atoms with Crippen LogP contribution >= 0.6 is 0 Å². The number of aromatic nitrogens is 2. The van der Waals surface area contributed by atoms with Gasteiger partial charge in [-0.1, -0.05) is 0 Å². The van der Waals surface area contributed by atoms with Crippen molar-refractivity contribution in [3.63, 3.8) is 0 Å². The number of nitrogens with zero attached hydrogens (tertiary/aromatic N) is 2. The average molecular weight is 238 g/mol. The zero-order valence-corrected chi connectivity index (χ0v) is 8.83. The number of alkyl halides is 3. The smallest absolute Gasteiger partial charge is 0.411 e. The lowest BCUT2D eigenvalue weighted by molar-refractivity contribution is -0.175. The maximum Gasteiger partial charge on any atom is 0.411 e. The predicted molar refractivity (Wildman–Crippen MR) is 50.3 cm³/mol. The SMILES string of the molecule is CCn1cc(OCCOCC(F)(F)F)cn1. The van der Waals surface area contributed by atoms with Gasteiger partial charge in [0.05, 0.1) is 19.0 Å². The monoisotopic (exact) mass is 238 g/mol. The molecule has 0 aliphatic rings. The van der Waals surface area contributed by atoms with Crippen molar-refractivity contribution in [2.45, 2.75) is 19.6 Å². The minimum Gasteiger partial charge on any atom is -0.488 e. The number of ether oxygens (including phenoxy) is 2. The van der Waals surface area contributed by atoms with Gasteiger partial charge in [-0.25, -0.2) is 0 Å². The molecular weight excluding hydrogens is 225 g/mol. The van der Waals surface area contributed by atoms with Crippen LogP contribution in [0.4, 0.5) is 13.2 Å². The highest BCUT2D eigenvalue weighted by Gasteiger charge is 2.27. The molecule has 1 aromatic rings. The quantitative estimate of drug-likeness (QED) is 0.710. The third-order valence-electron chi connectivity index (χ3n) is 1.70. The van der Waals surface area contributed by atoms with Crippen LogP contribution in [0.25, 0.3) is 0 Å². The summed E-state index contributed by atoms with van der Waals surface area (Å²) >= 11 is 0. The van der Waals surface area contributed by atoms with Gasteiger partial charge in [0.25, 0.3) is 0 Å². The van der Waals surface area contributed by atoms with E-state index in [1.807, 2.05) is 6.92 Å². The van der Waals surface area contributed by atoms with Crippen LogP contribution in [0.3, 0.4) is 0 Å². The van der Waals surface area contributed by atoms with Crippen molar-refractivity contribution < 1.29 is 22.6 Å². The van der Waals surface area contributed by atoms with E-state index in [9.17, 15) is 13.2 Å². The van der Waals surface area contributed by atoms with Crippen LogP contribution in [-0.2, 0) is 11.3 Å². The normalized spacial score (nSPS) is 11.8. The van der Waals surface area contributed by atoms with E-state index in [0.29, 0.717) is 12.3 Å². The van der Waals surface area contributed by atoms with Crippen molar-refractivity contribution in [1.29, 1.82) is 0 Å². The van der Waals surface area contributed by atoms with Gasteiger partial charge in [0.1, 0.15) is 13.2 Å². The Morgan fingerprint density at radius 1 is 1.38 bits per heavy atom. The Morgan fingerprint density at radius 2 is 2.12 bits per heavy atom. The summed E-state index contributed by atoms with van der Waals surface area (Å²) in [6.07, 6.45) is -1.11. The summed E-state index contributed by atoms with van der Waals surface area (Å²) in [6, 6.07) is 0. The first-order valence-corrected chi connectivity index (χ1v) is 4.81. The second-order valence-corrected chi connectivity index (χ2v) is 3.05. The first-order chi connectivity index (χ1) is 7.51. The fourth-order valence-electron chi connectivity index (χ4n) is 0.998. The fraction of sp³-hybridized carbons (Fsp3) is 0.667. The van der Waals surface area contributed by atoms with Gasteiger partial charge in [0.15, 0.2) is 5.75 Å². The van der Waals surface area contributed by atoms with Gasteiger partial charge in [-0.05, 0) is 6.92 Å². The topological polar surface area (TPSA) is 36.3 Å². The van der Waals surface area contributed by atoms with Crippen molar-refractivity contribution in [3.8, 4) is 5.75 Å². The van der Waals surface area contributed by atoms with E-state index in [1.165, 1.54) is 6.20 Å². The minimum absolute atomic E-state index is 0.0749. The van der Waals surface area contributed by atoms with Crippen LogP contribution in [0.2, 0.25) is 0 Å². The van der Waals surface area contributed by atoms with Crippen molar-refractivity contribution >= 4 is 0 Å². The molecule has 0 saturated heterocycles. The molecule has 0 spiro atoms. The molecule has 1 aromatic heterocycles. The number of halogens is 3. The molecule has 16 heavy (non-hydrogen) atoms. The van der Waals surface area contributed by atoms with Crippen molar-refractivity contribution in [2.75, 3.05) is 19.8 Å². The maximum absolute atomic E-state index is 11.7. The molecule has 0 N–H and O–H groups in total. The molecule has 0 aromatic carbocycles. The van der Waals surface area contributed by atoms with Gasteiger partial charge in [-0.2, -0.15) is 18.3 Å². The van der Waals surface area contributed by atoms with E-state index in [-0.39, 0.29) is 13.2 Å². The fourth-order valence-corrected chi connectivity index (χ4v) is 0.998. The molecule has 0 bridgehead atoms. The van der Waals surface area contributed by atoms with Crippen LogP contribution in [0.15, 0.2) is 12.4 Å². The van der Waals surface area contributed by atoms with Gasteiger partial charge in [-0.15, -0.1) is 0 Å². The number of hydrogen-bond donors (Lipinski definition) is 0. The molecule has 1 rings (SSSR count). The van der Waals surface area contributed by atoms with Gasteiger partial charge in [0, 0.05) is 6.54 Å². The Labute approximate surface area is 91.0 Å². The Balaban J connectivity index is 2.11. The second-order valence-electron chi connectivity index (χ2n) is 3.05. The molecule has 1 heterocycles. The largest absolute Gasteiger partial charge is 0.488 e. The molecule has 0 atom stereocenters. The van der Waals surface area contributed by atoms with Crippen LogP contribution in [0.5, 0.6) is 5.75 Å². The predicted octanol–water partition coefficient (Wildman–Crippen LogP) is 1.86.